The topological polar surface area (TPSA) is 93.6 Å². The average molecular weight is 402 g/mol. The van der Waals surface area contributed by atoms with Gasteiger partial charge in [-0.2, -0.15) is 0 Å². The van der Waals surface area contributed by atoms with Crippen molar-refractivity contribution in [3.8, 4) is 0 Å². The first-order valence-electron chi connectivity index (χ1n) is 7.90. The maximum absolute atomic E-state index is 12.9. The third-order valence-electron chi connectivity index (χ3n) is 3.88. The monoisotopic (exact) mass is 402 g/mol. The molecule has 0 aliphatic heterocycles. The van der Waals surface area contributed by atoms with Gasteiger partial charge in [-0.25, -0.2) is 13.4 Å². The highest BCUT2D eigenvalue weighted by Gasteiger charge is 2.25. The van der Waals surface area contributed by atoms with Crippen molar-refractivity contribution in [2.24, 2.45) is 0 Å². The Bertz CT molecular complexity index is 1190. The second kappa shape index (κ2) is 6.67. The van der Waals surface area contributed by atoms with Crippen LogP contribution < -0.4 is 4.90 Å². The molecule has 3 heterocycles. The SMILES string of the molecule is CS(=O)(=O)c1ccc2nc(N(Cc3ccco3)C(=O)c3ccco3)sc2c1. The summed E-state index contributed by atoms with van der Waals surface area (Å²) in [6, 6.07) is 11.4. The lowest BCUT2D eigenvalue weighted by atomic mass is 10.3. The summed E-state index contributed by atoms with van der Waals surface area (Å²) in [5.41, 5.74) is 0.610. The maximum atomic E-state index is 12.9. The molecule has 3 aromatic heterocycles. The van der Waals surface area contributed by atoms with Crippen LogP contribution in [0.4, 0.5) is 5.13 Å². The molecular formula is C18H14N2O5S2. The van der Waals surface area contributed by atoms with Crippen LogP contribution >= 0.6 is 11.3 Å². The largest absolute Gasteiger partial charge is 0.467 e. The van der Waals surface area contributed by atoms with Crippen LogP contribution in [0.1, 0.15) is 16.3 Å². The Morgan fingerprint density at radius 3 is 2.59 bits per heavy atom. The number of sulfone groups is 1. The number of aromatic nitrogens is 1. The fourth-order valence-electron chi connectivity index (χ4n) is 2.56. The van der Waals surface area contributed by atoms with Crippen LogP contribution in [0.5, 0.6) is 0 Å². The van der Waals surface area contributed by atoms with Crippen LogP contribution in [0.2, 0.25) is 0 Å². The number of benzene rings is 1. The summed E-state index contributed by atoms with van der Waals surface area (Å²) in [5.74, 6) is 0.405. The summed E-state index contributed by atoms with van der Waals surface area (Å²) in [5, 5.41) is 0.424. The molecule has 9 heteroatoms. The minimum Gasteiger partial charge on any atom is -0.467 e. The molecule has 7 nitrogen and oxygen atoms in total. The van der Waals surface area contributed by atoms with E-state index in [1.54, 1.807) is 36.4 Å². The van der Waals surface area contributed by atoms with Crippen molar-refractivity contribution in [2.45, 2.75) is 11.4 Å². The molecule has 1 amide bonds. The van der Waals surface area contributed by atoms with Crippen molar-refractivity contribution in [1.29, 1.82) is 0 Å². The molecule has 1 aromatic carbocycles. The fourth-order valence-corrected chi connectivity index (χ4v) is 4.28. The molecule has 4 aromatic rings. The summed E-state index contributed by atoms with van der Waals surface area (Å²) in [4.78, 5) is 19.0. The molecule has 0 saturated heterocycles. The first-order chi connectivity index (χ1) is 12.9. The van der Waals surface area contributed by atoms with Gasteiger partial charge >= 0.3 is 0 Å². The van der Waals surface area contributed by atoms with Gasteiger partial charge in [-0.15, -0.1) is 0 Å². The van der Waals surface area contributed by atoms with Gasteiger partial charge in [0.1, 0.15) is 5.76 Å². The highest BCUT2D eigenvalue weighted by Crippen LogP contribution is 2.32. The zero-order valence-electron chi connectivity index (χ0n) is 14.2. The summed E-state index contributed by atoms with van der Waals surface area (Å²) >= 11 is 1.23. The van der Waals surface area contributed by atoms with Crippen LogP contribution in [0.3, 0.4) is 0 Å². The second-order valence-corrected chi connectivity index (χ2v) is 8.87. The molecule has 0 unspecified atom stereocenters. The molecule has 0 atom stereocenters. The minimum atomic E-state index is -3.33. The van der Waals surface area contributed by atoms with Crippen molar-refractivity contribution in [3.05, 3.63) is 66.5 Å². The van der Waals surface area contributed by atoms with E-state index in [0.717, 1.165) is 6.26 Å². The van der Waals surface area contributed by atoms with E-state index in [0.29, 0.717) is 21.1 Å². The number of fused-ring (bicyclic) bond motifs is 1. The number of carbonyl (C=O) groups is 1. The highest BCUT2D eigenvalue weighted by atomic mass is 32.2. The Kier molecular flexibility index (Phi) is 4.33. The lowest BCUT2D eigenvalue weighted by Crippen LogP contribution is -2.29. The van der Waals surface area contributed by atoms with Crippen molar-refractivity contribution < 1.29 is 22.0 Å². The molecule has 0 fully saturated rings. The molecule has 27 heavy (non-hydrogen) atoms. The molecule has 0 aliphatic rings. The molecule has 0 saturated carbocycles. The van der Waals surface area contributed by atoms with Gasteiger partial charge in [0, 0.05) is 6.26 Å². The van der Waals surface area contributed by atoms with Crippen molar-refractivity contribution in [2.75, 3.05) is 11.2 Å². The van der Waals surface area contributed by atoms with E-state index >= 15 is 0 Å². The zero-order valence-corrected chi connectivity index (χ0v) is 15.8. The number of amides is 1. The van der Waals surface area contributed by atoms with E-state index in [9.17, 15) is 13.2 Å². The quantitative estimate of drug-likeness (QED) is 0.505. The minimum absolute atomic E-state index is 0.172. The zero-order chi connectivity index (χ0) is 19.0. The van der Waals surface area contributed by atoms with Gasteiger partial charge < -0.3 is 8.83 Å². The number of anilines is 1. The first-order valence-corrected chi connectivity index (χ1v) is 10.6. The maximum Gasteiger partial charge on any atom is 0.296 e. The molecule has 138 valence electrons. The number of nitrogens with zero attached hydrogens (tertiary/aromatic N) is 2. The molecule has 0 bridgehead atoms. The Balaban J connectivity index is 1.78. The Morgan fingerprint density at radius 1 is 1.15 bits per heavy atom. The summed E-state index contributed by atoms with van der Waals surface area (Å²) in [6.07, 6.45) is 4.11. The summed E-state index contributed by atoms with van der Waals surface area (Å²) in [7, 11) is -3.33. The van der Waals surface area contributed by atoms with E-state index in [1.807, 2.05) is 0 Å². The van der Waals surface area contributed by atoms with Crippen LogP contribution in [-0.2, 0) is 16.4 Å². The third-order valence-corrected chi connectivity index (χ3v) is 6.03. The van der Waals surface area contributed by atoms with Crippen molar-refractivity contribution in [1.82, 2.24) is 4.98 Å². The summed E-state index contributed by atoms with van der Waals surface area (Å²) in [6.45, 7) is 0.172. The van der Waals surface area contributed by atoms with Gasteiger partial charge in [-0.05, 0) is 42.5 Å². The smallest absolute Gasteiger partial charge is 0.296 e. The van der Waals surface area contributed by atoms with Crippen molar-refractivity contribution in [3.63, 3.8) is 0 Å². The number of rotatable bonds is 5. The van der Waals surface area contributed by atoms with E-state index < -0.39 is 9.84 Å². The number of hydrogen-bond donors (Lipinski definition) is 0. The summed E-state index contributed by atoms with van der Waals surface area (Å²) < 4.78 is 34.8. The molecule has 4 rings (SSSR count). The van der Waals surface area contributed by atoms with Crippen LogP contribution in [0, 0.1) is 0 Å². The van der Waals surface area contributed by atoms with E-state index in [2.05, 4.69) is 4.98 Å². The Hall–Kier alpha value is -2.91. The van der Waals surface area contributed by atoms with Gasteiger partial charge in [-0.3, -0.25) is 9.69 Å². The highest BCUT2D eigenvalue weighted by molar-refractivity contribution is 7.90. The predicted octanol–water partition coefficient (Wildman–Crippen LogP) is 3.73. The lowest BCUT2D eigenvalue weighted by molar-refractivity contribution is 0.0956. The standard InChI is InChI=1S/C18H14N2O5S2/c1-27(22,23)13-6-7-14-16(10-13)26-18(19-14)20(11-12-4-2-8-24-12)17(21)15-5-3-9-25-15/h2-10H,11H2,1H3. The van der Waals surface area contributed by atoms with Gasteiger partial charge in [0.2, 0.25) is 0 Å². The molecule has 0 radical (unpaired) electrons. The normalized spacial score (nSPS) is 11.7. The predicted molar refractivity (Wildman–Crippen MR) is 101 cm³/mol. The molecular weight excluding hydrogens is 388 g/mol. The first kappa shape index (κ1) is 17.5. The average Bonchev–Trinajstić information content (AvgIpc) is 3.38. The van der Waals surface area contributed by atoms with E-state index in [-0.39, 0.29) is 23.1 Å². The third kappa shape index (κ3) is 3.51. The van der Waals surface area contributed by atoms with E-state index in [1.165, 1.54) is 34.8 Å². The Morgan fingerprint density at radius 2 is 1.93 bits per heavy atom. The molecule has 0 aliphatic carbocycles. The number of carbonyl (C=O) groups excluding carboxylic acids is 1. The van der Waals surface area contributed by atoms with Crippen LogP contribution in [0.15, 0.2) is 68.7 Å². The van der Waals surface area contributed by atoms with Gasteiger partial charge in [0.05, 0.1) is 34.2 Å². The second-order valence-electron chi connectivity index (χ2n) is 5.85. The van der Waals surface area contributed by atoms with Gasteiger partial charge in [0.15, 0.2) is 20.7 Å². The van der Waals surface area contributed by atoms with E-state index in [4.69, 9.17) is 8.83 Å². The number of hydrogen-bond acceptors (Lipinski definition) is 7. The molecule has 0 N–H and O–H groups in total. The fraction of sp³-hybridized carbons (Fsp3) is 0.111. The number of thiazole rings is 1. The van der Waals surface area contributed by atoms with Gasteiger partial charge in [-0.1, -0.05) is 11.3 Å². The molecule has 0 spiro atoms. The van der Waals surface area contributed by atoms with Crippen LogP contribution in [0.25, 0.3) is 10.2 Å². The number of furan rings is 2. The van der Waals surface area contributed by atoms with Crippen LogP contribution in [-0.4, -0.2) is 25.6 Å². The lowest BCUT2D eigenvalue weighted by Gasteiger charge is -2.17. The Labute approximate surface area is 158 Å². The van der Waals surface area contributed by atoms with Crippen molar-refractivity contribution >= 4 is 42.4 Å². The van der Waals surface area contributed by atoms with Gasteiger partial charge in [0.25, 0.3) is 5.91 Å².